The SMILES string of the molecule is Cc1ccc2c(c1)CC(C)(C(=O)Nc1ccc(C)cc1[N+](=O)[O-])OC2=O. The zero-order chi connectivity index (χ0) is 19.1. The Hall–Kier alpha value is -3.22. The molecule has 2 aromatic carbocycles. The highest BCUT2D eigenvalue weighted by atomic mass is 16.6. The van der Waals surface area contributed by atoms with Crippen LogP contribution in [0.15, 0.2) is 36.4 Å². The average Bonchev–Trinajstić information content (AvgIpc) is 2.55. The highest BCUT2D eigenvalue weighted by molar-refractivity contribution is 6.03. The van der Waals surface area contributed by atoms with E-state index in [9.17, 15) is 19.7 Å². The molecule has 26 heavy (non-hydrogen) atoms. The molecule has 1 aliphatic rings. The van der Waals surface area contributed by atoms with E-state index >= 15 is 0 Å². The van der Waals surface area contributed by atoms with Crippen LogP contribution >= 0.6 is 0 Å². The number of anilines is 1. The molecule has 7 heteroatoms. The molecule has 0 saturated carbocycles. The van der Waals surface area contributed by atoms with Gasteiger partial charge in [-0.3, -0.25) is 14.9 Å². The zero-order valence-electron chi connectivity index (χ0n) is 14.7. The van der Waals surface area contributed by atoms with E-state index in [4.69, 9.17) is 4.74 Å². The fraction of sp³-hybridized carbons (Fsp3) is 0.263. The van der Waals surface area contributed by atoms with Crippen LogP contribution in [0.1, 0.15) is 34.0 Å². The summed E-state index contributed by atoms with van der Waals surface area (Å²) in [4.78, 5) is 35.7. The number of esters is 1. The lowest BCUT2D eigenvalue weighted by Crippen LogP contribution is -2.49. The third kappa shape index (κ3) is 3.15. The van der Waals surface area contributed by atoms with Gasteiger partial charge in [0.15, 0.2) is 5.60 Å². The molecular weight excluding hydrogens is 336 g/mol. The highest BCUT2D eigenvalue weighted by Gasteiger charge is 2.43. The quantitative estimate of drug-likeness (QED) is 0.518. The van der Waals surface area contributed by atoms with Crippen LogP contribution in [0, 0.1) is 24.0 Å². The molecule has 0 fully saturated rings. The molecule has 1 heterocycles. The number of nitrogens with zero attached hydrogens (tertiary/aromatic N) is 1. The first-order valence-corrected chi connectivity index (χ1v) is 8.09. The van der Waals surface area contributed by atoms with E-state index < -0.39 is 22.4 Å². The van der Waals surface area contributed by atoms with Crippen LogP contribution in [0.25, 0.3) is 0 Å². The minimum atomic E-state index is -1.45. The largest absolute Gasteiger partial charge is 0.445 e. The van der Waals surface area contributed by atoms with Gasteiger partial charge in [-0.1, -0.05) is 23.8 Å². The number of nitro groups is 1. The maximum atomic E-state index is 12.8. The lowest BCUT2D eigenvalue weighted by atomic mass is 9.88. The lowest BCUT2D eigenvalue weighted by Gasteiger charge is -2.33. The molecule has 3 rings (SSSR count). The number of hydrogen-bond acceptors (Lipinski definition) is 5. The van der Waals surface area contributed by atoms with Crippen molar-refractivity contribution in [3.05, 3.63) is 68.8 Å². The van der Waals surface area contributed by atoms with Gasteiger partial charge in [-0.05, 0) is 44.0 Å². The zero-order valence-corrected chi connectivity index (χ0v) is 14.7. The van der Waals surface area contributed by atoms with Gasteiger partial charge in [-0.25, -0.2) is 4.79 Å². The van der Waals surface area contributed by atoms with E-state index in [1.54, 1.807) is 25.1 Å². The Kier molecular flexibility index (Phi) is 4.23. The highest BCUT2D eigenvalue weighted by Crippen LogP contribution is 2.32. The second kappa shape index (κ2) is 6.25. The van der Waals surface area contributed by atoms with E-state index in [-0.39, 0.29) is 17.8 Å². The summed E-state index contributed by atoms with van der Waals surface area (Å²) in [5.74, 6) is -1.19. The van der Waals surface area contributed by atoms with Crippen molar-refractivity contribution < 1.29 is 19.2 Å². The van der Waals surface area contributed by atoms with Gasteiger partial charge < -0.3 is 10.1 Å². The number of amides is 1. The molecule has 0 aromatic heterocycles. The minimum Gasteiger partial charge on any atom is -0.445 e. The summed E-state index contributed by atoms with van der Waals surface area (Å²) in [6.07, 6.45) is 0.196. The van der Waals surface area contributed by atoms with E-state index in [2.05, 4.69) is 5.32 Å². The number of rotatable bonds is 3. The molecule has 0 radical (unpaired) electrons. The smallest absolute Gasteiger partial charge is 0.339 e. The van der Waals surface area contributed by atoms with Crippen LogP contribution in [-0.4, -0.2) is 22.4 Å². The van der Waals surface area contributed by atoms with Gasteiger partial charge in [0.1, 0.15) is 5.69 Å². The number of carbonyl (C=O) groups excluding carboxylic acids is 2. The molecule has 1 aliphatic heterocycles. The first-order valence-electron chi connectivity index (χ1n) is 8.09. The van der Waals surface area contributed by atoms with Crippen LogP contribution in [0.4, 0.5) is 11.4 Å². The standard InChI is InChI=1S/C19H18N2O5/c1-11-4-6-14-13(8-11)10-19(3,26-17(14)22)18(23)20-15-7-5-12(2)9-16(15)21(24)25/h4-9H,10H2,1-3H3,(H,20,23). The van der Waals surface area contributed by atoms with Gasteiger partial charge in [0.2, 0.25) is 0 Å². The molecule has 0 bridgehead atoms. The third-order valence-corrected chi connectivity index (χ3v) is 4.40. The first kappa shape index (κ1) is 17.6. The molecule has 2 aromatic rings. The molecule has 1 N–H and O–H groups in total. The minimum absolute atomic E-state index is 0.0675. The van der Waals surface area contributed by atoms with Crippen molar-refractivity contribution in [2.24, 2.45) is 0 Å². The molecule has 134 valence electrons. The number of benzene rings is 2. The monoisotopic (exact) mass is 354 g/mol. The Balaban J connectivity index is 1.91. The van der Waals surface area contributed by atoms with Gasteiger partial charge >= 0.3 is 5.97 Å². The van der Waals surface area contributed by atoms with Crippen molar-refractivity contribution in [3.8, 4) is 0 Å². The number of hydrogen-bond donors (Lipinski definition) is 1. The van der Waals surface area contributed by atoms with Gasteiger partial charge in [0.05, 0.1) is 10.5 Å². The maximum absolute atomic E-state index is 12.8. The van der Waals surface area contributed by atoms with Crippen molar-refractivity contribution in [3.63, 3.8) is 0 Å². The summed E-state index contributed by atoms with van der Waals surface area (Å²) in [6, 6.07) is 9.83. The van der Waals surface area contributed by atoms with Crippen molar-refractivity contribution >= 4 is 23.3 Å². The Morgan fingerprint density at radius 1 is 1.19 bits per heavy atom. The summed E-state index contributed by atoms with van der Waals surface area (Å²) in [6.45, 7) is 5.13. The fourth-order valence-electron chi connectivity index (χ4n) is 3.01. The number of cyclic esters (lactones) is 1. The Morgan fingerprint density at radius 3 is 2.54 bits per heavy atom. The Labute approximate surface area is 150 Å². The topological polar surface area (TPSA) is 98.5 Å². The molecule has 7 nitrogen and oxygen atoms in total. The first-order chi connectivity index (χ1) is 12.2. The molecule has 1 amide bonds. The van der Waals surface area contributed by atoms with Crippen LogP contribution in [-0.2, 0) is 16.0 Å². The number of ether oxygens (including phenoxy) is 1. The predicted octanol–water partition coefficient (Wildman–Crippen LogP) is 3.32. The van der Waals surface area contributed by atoms with Crippen molar-refractivity contribution in [2.45, 2.75) is 32.8 Å². The van der Waals surface area contributed by atoms with Gasteiger partial charge in [0.25, 0.3) is 11.6 Å². The third-order valence-electron chi connectivity index (χ3n) is 4.40. The molecule has 1 unspecified atom stereocenters. The van der Waals surface area contributed by atoms with Gasteiger partial charge in [-0.15, -0.1) is 0 Å². The lowest BCUT2D eigenvalue weighted by molar-refractivity contribution is -0.384. The second-order valence-electron chi connectivity index (χ2n) is 6.69. The normalized spacial score (nSPS) is 18.7. The van der Waals surface area contributed by atoms with E-state index in [1.165, 1.54) is 19.1 Å². The number of carbonyl (C=O) groups is 2. The van der Waals surface area contributed by atoms with E-state index in [0.29, 0.717) is 11.1 Å². The molecule has 1 atom stereocenters. The summed E-state index contributed by atoms with van der Waals surface area (Å²) < 4.78 is 5.38. The summed E-state index contributed by atoms with van der Waals surface area (Å²) >= 11 is 0. The van der Waals surface area contributed by atoms with Gasteiger partial charge in [-0.2, -0.15) is 0 Å². The number of nitrogens with one attached hydrogen (secondary N) is 1. The molecular formula is C19H18N2O5. The number of fused-ring (bicyclic) bond motifs is 1. The van der Waals surface area contributed by atoms with E-state index in [1.807, 2.05) is 13.0 Å². The van der Waals surface area contributed by atoms with Crippen LogP contribution in [0.5, 0.6) is 0 Å². The Bertz CT molecular complexity index is 938. The van der Waals surface area contributed by atoms with Crippen LogP contribution in [0.2, 0.25) is 0 Å². The predicted molar refractivity (Wildman–Crippen MR) is 95.2 cm³/mol. The maximum Gasteiger partial charge on any atom is 0.339 e. The summed E-state index contributed by atoms with van der Waals surface area (Å²) in [7, 11) is 0. The Morgan fingerprint density at radius 2 is 1.85 bits per heavy atom. The number of nitro benzene ring substituents is 1. The fourth-order valence-corrected chi connectivity index (χ4v) is 3.01. The molecule has 0 spiro atoms. The second-order valence-corrected chi connectivity index (χ2v) is 6.69. The van der Waals surface area contributed by atoms with Gasteiger partial charge in [0, 0.05) is 12.5 Å². The van der Waals surface area contributed by atoms with Crippen molar-refractivity contribution in [2.75, 3.05) is 5.32 Å². The van der Waals surface area contributed by atoms with Crippen molar-refractivity contribution in [1.29, 1.82) is 0 Å². The summed E-state index contributed by atoms with van der Waals surface area (Å²) in [5, 5.41) is 13.8. The summed E-state index contributed by atoms with van der Waals surface area (Å²) in [5.41, 5.74) is 1.24. The van der Waals surface area contributed by atoms with Crippen LogP contribution in [0.3, 0.4) is 0 Å². The average molecular weight is 354 g/mol. The molecule has 0 saturated heterocycles. The van der Waals surface area contributed by atoms with E-state index in [0.717, 1.165) is 11.1 Å². The van der Waals surface area contributed by atoms with Crippen LogP contribution < -0.4 is 5.32 Å². The van der Waals surface area contributed by atoms with Crippen molar-refractivity contribution in [1.82, 2.24) is 0 Å². The molecule has 0 aliphatic carbocycles. The number of aryl methyl sites for hydroxylation is 2.